The molecule has 0 saturated carbocycles. The summed E-state index contributed by atoms with van der Waals surface area (Å²) in [6, 6.07) is 7.11. The largest absolute Gasteiger partial charge is 0.368 e. The van der Waals surface area contributed by atoms with Gasteiger partial charge in [0, 0.05) is 16.5 Å². The minimum atomic E-state index is -0.594. The van der Waals surface area contributed by atoms with E-state index >= 15 is 0 Å². The molecule has 2 amide bonds. The zero-order valence-electron chi connectivity index (χ0n) is 9.38. The van der Waals surface area contributed by atoms with Crippen LogP contribution in [-0.4, -0.2) is 23.3 Å². The molecule has 0 atom stereocenters. The van der Waals surface area contributed by atoms with Crippen molar-refractivity contribution in [3.63, 3.8) is 0 Å². The van der Waals surface area contributed by atoms with Crippen molar-refractivity contribution in [2.24, 2.45) is 5.73 Å². The van der Waals surface area contributed by atoms with E-state index in [1.165, 1.54) is 0 Å². The molecule has 3 N–H and O–H groups in total. The summed E-state index contributed by atoms with van der Waals surface area (Å²) in [5.41, 5.74) is 5.97. The number of thiol groups is 1. The molecule has 6 heteroatoms. The van der Waals surface area contributed by atoms with Crippen LogP contribution in [0.5, 0.6) is 0 Å². The Kier molecular flexibility index (Phi) is 3.47. The average Bonchev–Trinajstić information content (AvgIpc) is 2.37. The lowest BCUT2D eigenvalue weighted by Crippen LogP contribution is -2.33. The van der Waals surface area contributed by atoms with Crippen LogP contribution in [0, 0.1) is 0 Å². The average molecular weight is 261 g/mol. The molecule has 0 radical (unpaired) electrons. The van der Waals surface area contributed by atoms with Gasteiger partial charge in [0.25, 0.3) is 5.91 Å². The number of rotatable bonds is 3. The number of nitrogens with two attached hydrogens (primary N) is 1. The molecule has 0 aliphatic heterocycles. The van der Waals surface area contributed by atoms with Gasteiger partial charge in [-0.2, -0.15) is 0 Å². The normalized spacial score (nSPS) is 10.3. The summed E-state index contributed by atoms with van der Waals surface area (Å²) in [5.74, 6) is -0.991. The number of nitrogens with zero attached hydrogens (tertiary/aromatic N) is 1. The predicted octanol–water partition coefficient (Wildman–Crippen LogP) is 0.739. The first-order chi connectivity index (χ1) is 8.59. The summed E-state index contributed by atoms with van der Waals surface area (Å²) in [7, 11) is 0. The van der Waals surface area contributed by atoms with Crippen LogP contribution in [0.4, 0.5) is 0 Å². The van der Waals surface area contributed by atoms with E-state index in [4.69, 9.17) is 5.73 Å². The molecule has 2 rings (SSSR count). The number of nitrogens with one attached hydrogen (secondary N) is 1. The van der Waals surface area contributed by atoms with Crippen molar-refractivity contribution >= 4 is 35.3 Å². The zero-order valence-corrected chi connectivity index (χ0v) is 10.3. The van der Waals surface area contributed by atoms with Crippen molar-refractivity contribution in [1.29, 1.82) is 0 Å². The fourth-order valence-electron chi connectivity index (χ4n) is 1.58. The Balaban J connectivity index is 2.37. The van der Waals surface area contributed by atoms with Gasteiger partial charge in [0.2, 0.25) is 5.91 Å². The lowest BCUT2D eigenvalue weighted by molar-refractivity contribution is -0.117. The van der Waals surface area contributed by atoms with Gasteiger partial charge >= 0.3 is 0 Å². The number of pyridine rings is 1. The van der Waals surface area contributed by atoms with E-state index in [0.717, 1.165) is 5.39 Å². The van der Waals surface area contributed by atoms with Crippen LogP contribution < -0.4 is 11.1 Å². The van der Waals surface area contributed by atoms with E-state index in [1.54, 1.807) is 18.3 Å². The Morgan fingerprint density at radius 1 is 1.33 bits per heavy atom. The highest BCUT2D eigenvalue weighted by Gasteiger charge is 2.12. The zero-order chi connectivity index (χ0) is 13.1. The van der Waals surface area contributed by atoms with Crippen molar-refractivity contribution in [2.75, 3.05) is 6.54 Å². The highest BCUT2D eigenvalue weighted by Crippen LogP contribution is 2.23. The molecule has 0 bridgehead atoms. The fourth-order valence-corrected chi connectivity index (χ4v) is 1.94. The van der Waals surface area contributed by atoms with Crippen LogP contribution in [0.15, 0.2) is 35.4 Å². The number of carbonyl (C=O) groups excluding carboxylic acids is 2. The number of benzene rings is 1. The van der Waals surface area contributed by atoms with Gasteiger partial charge in [-0.1, -0.05) is 12.1 Å². The van der Waals surface area contributed by atoms with E-state index in [-0.39, 0.29) is 6.54 Å². The van der Waals surface area contributed by atoms with Gasteiger partial charge in [-0.25, -0.2) is 0 Å². The highest BCUT2D eigenvalue weighted by molar-refractivity contribution is 7.80. The molecular weight excluding hydrogens is 250 g/mol. The summed E-state index contributed by atoms with van der Waals surface area (Å²) in [5, 5.41) is 3.31. The quantitative estimate of drug-likeness (QED) is 0.712. The minimum absolute atomic E-state index is 0.202. The topological polar surface area (TPSA) is 85.1 Å². The third-order valence-corrected chi connectivity index (χ3v) is 2.87. The maximum absolute atomic E-state index is 11.8. The van der Waals surface area contributed by atoms with E-state index in [0.29, 0.717) is 16.0 Å². The molecule has 1 heterocycles. The van der Waals surface area contributed by atoms with Gasteiger partial charge < -0.3 is 11.1 Å². The lowest BCUT2D eigenvalue weighted by Gasteiger charge is -2.07. The molecule has 0 saturated heterocycles. The second kappa shape index (κ2) is 5.05. The van der Waals surface area contributed by atoms with Crippen LogP contribution in [0.3, 0.4) is 0 Å². The summed E-state index contributed by atoms with van der Waals surface area (Å²) < 4.78 is 0. The number of hydrogen-bond acceptors (Lipinski definition) is 4. The number of fused-ring (bicyclic) bond motifs is 1. The Morgan fingerprint density at radius 2 is 2.11 bits per heavy atom. The molecule has 92 valence electrons. The maximum atomic E-state index is 11.8. The summed E-state index contributed by atoms with van der Waals surface area (Å²) >= 11 is 4.31. The van der Waals surface area contributed by atoms with Gasteiger partial charge in [-0.15, -0.1) is 12.6 Å². The van der Waals surface area contributed by atoms with Gasteiger partial charge in [-0.3, -0.25) is 14.6 Å². The second-order valence-electron chi connectivity index (χ2n) is 3.69. The van der Waals surface area contributed by atoms with Crippen LogP contribution in [-0.2, 0) is 4.79 Å². The minimum Gasteiger partial charge on any atom is -0.368 e. The molecule has 0 fully saturated rings. The smallest absolute Gasteiger partial charge is 0.252 e. The molecule has 0 aliphatic carbocycles. The SMILES string of the molecule is NC(=O)CNC(=O)c1ccc2cccnc2c1S. The molecule has 2 aromatic rings. The Bertz CT molecular complexity index is 628. The number of hydrogen-bond donors (Lipinski definition) is 3. The van der Waals surface area contributed by atoms with Gasteiger partial charge in [-0.05, 0) is 12.1 Å². The predicted molar refractivity (Wildman–Crippen MR) is 70.5 cm³/mol. The van der Waals surface area contributed by atoms with Crippen LogP contribution >= 0.6 is 12.6 Å². The molecule has 0 unspecified atom stereocenters. The third kappa shape index (κ3) is 2.43. The van der Waals surface area contributed by atoms with Crippen LogP contribution in [0.2, 0.25) is 0 Å². The molecule has 1 aromatic carbocycles. The molecule has 5 nitrogen and oxygen atoms in total. The number of amides is 2. The fraction of sp³-hybridized carbons (Fsp3) is 0.0833. The number of primary amides is 1. The monoisotopic (exact) mass is 261 g/mol. The van der Waals surface area contributed by atoms with E-state index in [9.17, 15) is 9.59 Å². The first-order valence-corrected chi connectivity index (χ1v) is 5.67. The van der Waals surface area contributed by atoms with Crippen molar-refractivity contribution in [1.82, 2.24) is 10.3 Å². The van der Waals surface area contributed by atoms with Gasteiger partial charge in [0.1, 0.15) is 0 Å². The van der Waals surface area contributed by atoms with E-state index < -0.39 is 11.8 Å². The molecule has 0 aliphatic rings. The van der Waals surface area contributed by atoms with Crippen molar-refractivity contribution < 1.29 is 9.59 Å². The Labute approximate surface area is 109 Å². The Hall–Kier alpha value is -2.08. The van der Waals surface area contributed by atoms with Crippen molar-refractivity contribution in [2.45, 2.75) is 4.90 Å². The lowest BCUT2D eigenvalue weighted by atomic mass is 10.1. The highest BCUT2D eigenvalue weighted by atomic mass is 32.1. The van der Waals surface area contributed by atoms with E-state index in [1.807, 2.05) is 12.1 Å². The molecular formula is C12H11N3O2S. The van der Waals surface area contributed by atoms with Crippen LogP contribution in [0.25, 0.3) is 10.9 Å². The van der Waals surface area contributed by atoms with Crippen LogP contribution in [0.1, 0.15) is 10.4 Å². The van der Waals surface area contributed by atoms with Gasteiger partial charge in [0.05, 0.1) is 17.6 Å². The molecule has 18 heavy (non-hydrogen) atoms. The summed E-state index contributed by atoms with van der Waals surface area (Å²) in [4.78, 5) is 27.1. The Morgan fingerprint density at radius 3 is 2.83 bits per heavy atom. The first kappa shape index (κ1) is 12.4. The summed E-state index contributed by atoms with van der Waals surface area (Å²) in [6.07, 6.45) is 1.63. The molecule has 1 aromatic heterocycles. The standard InChI is InChI=1S/C12H11N3O2S/c13-9(16)6-15-12(17)8-4-3-7-2-1-5-14-10(7)11(8)18/h1-5,18H,6H2,(H2,13,16)(H,15,17). The third-order valence-electron chi connectivity index (χ3n) is 2.42. The maximum Gasteiger partial charge on any atom is 0.252 e. The first-order valence-electron chi connectivity index (χ1n) is 5.23. The van der Waals surface area contributed by atoms with Crippen molar-refractivity contribution in [3.05, 3.63) is 36.0 Å². The second-order valence-corrected chi connectivity index (χ2v) is 4.13. The van der Waals surface area contributed by atoms with E-state index in [2.05, 4.69) is 22.9 Å². The number of carbonyl (C=O) groups is 2. The molecule has 0 spiro atoms. The number of aromatic nitrogens is 1. The van der Waals surface area contributed by atoms with Gasteiger partial charge in [0.15, 0.2) is 0 Å². The summed E-state index contributed by atoms with van der Waals surface area (Å²) in [6.45, 7) is -0.202. The van der Waals surface area contributed by atoms with Crippen molar-refractivity contribution in [3.8, 4) is 0 Å².